The fourth-order valence-electron chi connectivity index (χ4n) is 1.85. The molecule has 0 radical (unpaired) electrons. The molecule has 90 valence electrons. The summed E-state index contributed by atoms with van der Waals surface area (Å²) in [5.41, 5.74) is 1.04. The summed E-state index contributed by atoms with van der Waals surface area (Å²) in [6, 6.07) is 0. The SMILES string of the molecule is Cc1sc(=O)n(CCCC(=O)O)c1C(C)C. The van der Waals surface area contributed by atoms with Crippen LogP contribution < -0.4 is 4.87 Å². The van der Waals surface area contributed by atoms with Crippen molar-refractivity contribution >= 4 is 17.3 Å². The van der Waals surface area contributed by atoms with Crippen molar-refractivity contribution in [3.63, 3.8) is 0 Å². The Kier molecular flexibility index (Phi) is 4.29. The van der Waals surface area contributed by atoms with Crippen molar-refractivity contribution in [3.8, 4) is 0 Å². The third-order valence-corrected chi connectivity index (χ3v) is 3.34. The highest BCUT2D eigenvalue weighted by atomic mass is 32.1. The lowest BCUT2D eigenvalue weighted by Gasteiger charge is -2.10. The van der Waals surface area contributed by atoms with Gasteiger partial charge in [-0.15, -0.1) is 0 Å². The average molecular weight is 243 g/mol. The number of aromatic nitrogens is 1. The Bertz CT molecular complexity index is 431. The second kappa shape index (κ2) is 5.30. The maximum Gasteiger partial charge on any atom is 0.307 e. The molecule has 1 rings (SSSR count). The molecule has 0 fully saturated rings. The molecule has 0 amide bonds. The average Bonchev–Trinajstić information content (AvgIpc) is 2.40. The highest BCUT2D eigenvalue weighted by Gasteiger charge is 2.14. The second-order valence-electron chi connectivity index (χ2n) is 4.11. The lowest BCUT2D eigenvalue weighted by atomic mass is 10.1. The van der Waals surface area contributed by atoms with Gasteiger partial charge < -0.3 is 9.67 Å². The third-order valence-electron chi connectivity index (χ3n) is 2.43. The zero-order chi connectivity index (χ0) is 12.3. The minimum absolute atomic E-state index is 0.0200. The minimum atomic E-state index is -0.814. The van der Waals surface area contributed by atoms with Gasteiger partial charge in [-0.3, -0.25) is 9.59 Å². The Morgan fingerprint density at radius 3 is 2.62 bits per heavy atom. The first-order valence-electron chi connectivity index (χ1n) is 5.35. The highest BCUT2D eigenvalue weighted by molar-refractivity contribution is 7.09. The maximum absolute atomic E-state index is 11.7. The van der Waals surface area contributed by atoms with Crippen molar-refractivity contribution in [1.82, 2.24) is 4.57 Å². The molecule has 1 aromatic rings. The molecule has 0 bridgehead atoms. The van der Waals surface area contributed by atoms with Crippen molar-refractivity contribution in [2.45, 2.75) is 46.1 Å². The highest BCUT2D eigenvalue weighted by Crippen LogP contribution is 2.21. The zero-order valence-corrected chi connectivity index (χ0v) is 10.6. The van der Waals surface area contributed by atoms with Gasteiger partial charge in [-0.2, -0.15) is 0 Å². The normalized spacial score (nSPS) is 11.0. The number of aryl methyl sites for hydroxylation is 1. The molecule has 0 atom stereocenters. The molecule has 1 aromatic heterocycles. The number of carboxylic acid groups (broad SMARTS) is 1. The lowest BCUT2D eigenvalue weighted by molar-refractivity contribution is -0.137. The van der Waals surface area contributed by atoms with Gasteiger partial charge in [0.25, 0.3) is 0 Å². The van der Waals surface area contributed by atoms with Crippen LogP contribution in [0.3, 0.4) is 0 Å². The molecule has 16 heavy (non-hydrogen) atoms. The molecule has 0 aliphatic heterocycles. The maximum atomic E-state index is 11.7. The van der Waals surface area contributed by atoms with Crippen molar-refractivity contribution in [3.05, 3.63) is 20.2 Å². The van der Waals surface area contributed by atoms with Crippen LogP contribution in [0.5, 0.6) is 0 Å². The predicted octanol–water partition coefficient (Wildman–Crippen LogP) is 2.21. The van der Waals surface area contributed by atoms with E-state index in [9.17, 15) is 9.59 Å². The van der Waals surface area contributed by atoms with Crippen LogP contribution in [0.25, 0.3) is 0 Å². The largest absolute Gasteiger partial charge is 0.481 e. The van der Waals surface area contributed by atoms with Gasteiger partial charge in [0.05, 0.1) is 0 Å². The van der Waals surface area contributed by atoms with Crippen molar-refractivity contribution in [2.24, 2.45) is 0 Å². The van der Waals surface area contributed by atoms with E-state index >= 15 is 0 Å². The van der Waals surface area contributed by atoms with Gasteiger partial charge in [0.15, 0.2) is 0 Å². The summed E-state index contributed by atoms with van der Waals surface area (Å²) in [6.07, 6.45) is 0.615. The van der Waals surface area contributed by atoms with Crippen LogP contribution in [0, 0.1) is 6.92 Å². The van der Waals surface area contributed by atoms with Gasteiger partial charge in [-0.25, -0.2) is 0 Å². The van der Waals surface area contributed by atoms with E-state index in [1.165, 1.54) is 11.3 Å². The van der Waals surface area contributed by atoms with Gasteiger partial charge >= 0.3 is 10.8 Å². The van der Waals surface area contributed by atoms with Gasteiger partial charge in [0.2, 0.25) is 0 Å². The lowest BCUT2D eigenvalue weighted by Crippen LogP contribution is -2.17. The Labute approximate surface area is 98.5 Å². The molecule has 1 N–H and O–H groups in total. The molecule has 0 saturated heterocycles. The zero-order valence-electron chi connectivity index (χ0n) is 9.82. The van der Waals surface area contributed by atoms with Crippen LogP contribution in [0.2, 0.25) is 0 Å². The minimum Gasteiger partial charge on any atom is -0.481 e. The molecule has 0 spiro atoms. The van der Waals surface area contributed by atoms with Crippen molar-refractivity contribution in [2.75, 3.05) is 0 Å². The summed E-state index contributed by atoms with van der Waals surface area (Å²) in [5.74, 6) is -0.519. The number of aliphatic carboxylic acids is 1. The summed E-state index contributed by atoms with van der Waals surface area (Å²) >= 11 is 1.24. The molecule has 4 nitrogen and oxygen atoms in total. The Balaban J connectivity index is 2.86. The van der Waals surface area contributed by atoms with E-state index in [1.54, 1.807) is 4.57 Å². The van der Waals surface area contributed by atoms with Crippen LogP contribution in [0.1, 0.15) is 43.2 Å². The van der Waals surface area contributed by atoms with E-state index < -0.39 is 5.97 Å². The predicted molar refractivity (Wildman–Crippen MR) is 64.3 cm³/mol. The van der Waals surface area contributed by atoms with E-state index in [0.717, 1.165) is 10.6 Å². The quantitative estimate of drug-likeness (QED) is 0.862. The van der Waals surface area contributed by atoms with Crippen LogP contribution in [-0.4, -0.2) is 15.6 Å². The summed E-state index contributed by atoms with van der Waals surface area (Å²) < 4.78 is 1.72. The molecular weight excluding hydrogens is 226 g/mol. The number of carbonyl (C=O) groups is 1. The van der Waals surface area contributed by atoms with Crippen LogP contribution >= 0.6 is 11.3 Å². The molecule has 0 unspecified atom stereocenters. The van der Waals surface area contributed by atoms with Gasteiger partial charge in [0, 0.05) is 23.5 Å². The number of thiazole rings is 1. The van der Waals surface area contributed by atoms with E-state index in [-0.39, 0.29) is 11.3 Å². The first-order valence-corrected chi connectivity index (χ1v) is 6.17. The fraction of sp³-hybridized carbons (Fsp3) is 0.636. The van der Waals surface area contributed by atoms with Crippen LogP contribution in [0.15, 0.2) is 4.79 Å². The fourth-order valence-corrected chi connectivity index (χ4v) is 2.86. The molecule has 0 aliphatic carbocycles. The third kappa shape index (κ3) is 2.95. The molecule has 5 heteroatoms. The molecule has 1 heterocycles. The van der Waals surface area contributed by atoms with E-state index in [2.05, 4.69) is 0 Å². The summed E-state index contributed by atoms with van der Waals surface area (Å²) in [6.45, 7) is 6.53. The Morgan fingerprint density at radius 2 is 2.12 bits per heavy atom. The topological polar surface area (TPSA) is 59.3 Å². The molecule has 0 aliphatic rings. The number of hydrogen-bond acceptors (Lipinski definition) is 3. The van der Waals surface area contributed by atoms with E-state index in [4.69, 9.17) is 5.11 Å². The number of rotatable bonds is 5. The summed E-state index contributed by atoms with van der Waals surface area (Å²) in [5, 5.41) is 8.56. The molecule has 0 saturated carbocycles. The first-order chi connectivity index (χ1) is 7.43. The standard InChI is InChI=1S/C11H17NO3S/c1-7(2)10-8(3)16-11(15)12(10)6-4-5-9(13)14/h7H,4-6H2,1-3H3,(H,13,14). The molecular formula is C11H17NO3S. The van der Waals surface area contributed by atoms with E-state index in [1.807, 2.05) is 20.8 Å². The van der Waals surface area contributed by atoms with E-state index in [0.29, 0.717) is 18.9 Å². The Hall–Kier alpha value is -1.10. The summed E-state index contributed by atoms with van der Waals surface area (Å²) in [4.78, 5) is 23.1. The van der Waals surface area contributed by atoms with Gasteiger partial charge in [-0.05, 0) is 19.3 Å². The van der Waals surface area contributed by atoms with Crippen LogP contribution in [-0.2, 0) is 11.3 Å². The number of carboxylic acids is 1. The van der Waals surface area contributed by atoms with Crippen molar-refractivity contribution in [1.29, 1.82) is 0 Å². The smallest absolute Gasteiger partial charge is 0.307 e. The summed E-state index contributed by atoms with van der Waals surface area (Å²) in [7, 11) is 0. The second-order valence-corrected chi connectivity index (χ2v) is 5.28. The number of nitrogens with zero attached hydrogens (tertiary/aromatic N) is 1. The first kappa shape index (κ1) is 13.0. The van der Waals surface area contributed by atoms with Crippen molar-refractivity contribution < 1.29 is 9.90 Å². The Morgan fingerprint density at radius 1 is 1.50 bits per heavy atom. The van der Waals surface area contributed by atoms with Gasteiger partial charge in [-0.1, -0.05) is 25.2 Å². The van der Waals surface area contributed by atoms with Gasteiger partial charge in [0.1, 0.15) is 0 Å². The van der Waals surface area contributed by atoms with Crippen LogP contribution in [0.4, 0.5) is 0 Å². The number of hydrogen-bond donors (Lipinski definition) is 1. The monoisotopic (exact) mass is 243 g/mol. The molecule has 0 aromatic carbocycles.